The van der Waals surface area contributed by atoms with E-state index in [-0.39, 0.29) is 0 Å². The minimum Gasteiger partial charge on any atom is -0.496 e. The first kappa shape index (κ1) is 13.5. The molecule has 0 saturated heterocycles. The topological polar surface area (TPSA) is 60.2 Å². The molecule has 0 saturated carbocycles. The summed E-state index contributed by atoms with van der Waals surface area (Å²) < 4.78 is 7.19. The van der Waals surface area contributed by atoms with Gasteiger partial charge in [-0.15, -0.1) is 0 Å². The fraction of sp³-hybridized carbons (Fsp3) is 0.429. The Labute approximate surface area is 112 Å². The summed E-state index contributed by atoms with van der Waals surface area (Å²) in [5.41, 5.74) is 1.85. The standard InChI is InChI=1S/C14H19N3O2/c1-9(18)12-5-6-14(19-4)13(7-12)8-17-11(3)15-10(2)16-17/h5-7,9,18H,8H2,1-4H3. The van der Waals surface area contributed by atoms with Crippen molar-refractivity contribution in [1.82, 2.24) is 14.8 Å². The molecule has 2 aromatic rings. The molecular weight excluding hydrogens is 242 g/mol. The Morgan fingerprint density at radius 3 is 2.63 bits per heavy atom. The fourth-order valence-corrected chi connectivity index (χ4v) is 2.05. The van der Waals surface area contributed by atoms with Crippen LogP contribution in [0.5, 0.6) is 5.75 Å². The van der Waals surface area contributed by atoms with Gasteiger partial charge in [0, 0.05) is 5.56 Å². The van der Waals surface area contributed by atoms with E-state index in [1.165, 1.54) is 0 Å². The van der Waals surface area contributed by atoms with Crippen molar-refractivity contribution >= 4 is 0 Å². The molecule has 102 valence electrons. The molecule has 1 unspecified atom stereocenters. The van der Waals surface area contributed by atoms with Crippen molar-refractivity contribution < 1.29 is 9.84 Å². The summed E-state index contributed by atoms with van der Waals surface area (Å²) in [5, 5.41) is 14.0. The maximum absolute atomic E-state index is 9.66. The largest absolute Gasteiger partial charge is 0.496 e. The van der Waals surface area contributed by atoms with Gasteiger partial charge in [0.2, 0.25) is 0 Å². The van der Waals surface area contributed by atoms with Crippen molar-refractivity contribution in [2.75, 3.05) is 7.11 Å². The second-order valence-corrected chi connectivity index (χ2v) is 4.61. The molecule has 0 radical (unpaired) electrons. The number of aliphatic hydroxyl groups excluding tert-OH is 1. The number of hydrogen-bond acceptors (Lipinski definition) is 4. The van der Waals surface area contributed by atoms with Crippen molar-refractivity contribution in [3.63, 3.8) is 0 Å². The van der Waals surface area contributed by atoms with E-state index in [4.69, 9.17) is 4.74 Å². The van der Waals surface area contributed by atoms with Gasteiger partial charge in [-0.1, -0.05) is 6.07 Å². The highest BCUT2D eigenvalue weighted by Crippen LogP contribution is 2.24. The van der Waals surface area contributed by atoms with Crippen molar-refractivity contribution in [1.29, 1.82) is 0 Å². The van der Waals surface area contributed by atoms with Gasteiger partial charge in [0.25, 0.3) is 0 Å². The van der Waals surface area contributed by atoms with Crippen LogP contribution in [0.15, 0.2) is 18.2 Å². The van der Waals surface area contributed by atoms with Crippen LogP contribution in [0.1, 0.15) is 35.8 Å². The monoisotopic (exact) mass is 261 g/mol. The third-order valence-corrected chi connectivity index (χ3v) is 3.07. The first-order chi connectivity index (χ1) is 9.01. The number of ether oxygens (including phenoxy) is 1. The summed E-state index contributed by atoms with van der Waals surface area (Å²) in [6.45, 7) is 6.12. The van der Waals surface area contributed by atoms with Crippen LogP contribution in [-0.4, -0.2) is 27.0 Å². The van der Waals surface area contributed by atoms with Crippen LogP contribution in [0.2, 0.25) is 0 Å². The van der Waals surface area contributed by atoms with Crippen molar-refractivity contribution in [2.24, 2.45) is 0 Å². The molecule has 0 aliphatic heterocycles. The van der Waals surface area contributed by atoms with E-state index in [0.717, 1.165) is 28.5 Å². The maximum Gasteiger partial charge on any atom is 0.147 e. The third kappa shape index (κ3) is 2.93. The Bertz CT molecular complexity index is 576. The third-order valence-electron chi connectivity index (χ3n) is 3.07. The predicted molar refractivity (Wildman–Crippen MR) is 72.2 cm³/mol. The maximum atomic E-state index is 9.66. The van der Waals surface area contributed by atoms with E-state index in [9.17, 15) is 5.11 Å². The summed E-state index contributed by atoms with van der Waals surface area (Å²) in [7, 11) is 1.64. The summed E-state index contributed by atoms with van der Waals surface area (Å²) in [4.78, 5) is 4.28. The molecule has 19 heavy (non-hydrogen) atoms. The van der Waals surface area contributed by atoms with Crippen LogP contribution in [0, 0.1) is 13.8 Å². The predicted octanol–water partition coefficient (Wildman–Crippen LogP) is 2.01. The molecule has 0 spiro atoms. The number of methoxy groups -OCH3 is 1. The van der Waals surface area contributed by atoms with E-state index in [0.29, 0.717) is 6.54 Å². The smallest absolute Gasteiger partial charge is 0.147 e. The molecule has 0 aliphatic rings. The summed E-state index contributed by atoms with van der Waals surface area (Å²) in [5.74, 6) is 2.40. The Morgan fingerprint density at radius 2 is 2.11 bits per heavy atom. The van der Waals surface area contributed by atoms with Crippen LogP contribution in [-0.2, 0) is 6.54 Å². The van der Waals surface area contributed by atoms with Gasteiger partial charge in [-0.2, -0.15) is 5.10 Å². The first-order valence-electron chi connectivity index (χ1n) is 6.24. The molecule has 1 heterocycles. The Kier molecular flexibility index (Phi) is 3.85. The molecular formula is C14H19N3O2. The Hall–Kier alpha value is -1.88. The molecule has 5 nitrogen and oxygen atoms in total. The summed E-state index contributed by atoms with van der Waals surface area (Å²) in [6.07, 6.45) is -0.497. The van der Waals surface area contributed by atoms with Crippen LogP contribution >= 0.6 is 0 Å². The van der Waals surface area contributed by atoms with Gasteiger partial charge >= 0.3 is 0 Å². The fourth-order valence-electron chi connectivity index (χ4n) is 2.05. The van der Waals surface area contributed by atoms with Gasteiger partial charge in [0.05, 0.1) is 19.8 Å². The van der Waals surface area contributed by atoms with E-state index < -0.39 is 6.10 Å². The lowest BCUT2D eigenvalue weighted by atomic mass is 10.1. The Morgan fingerprint density at radius 1 is 1.37 bits per heavy atom. The average Bonchev–Trinajstić information content (AvgIpc) is 2.67. The summed E-state index contributed by atoms with van der Waals surface area (Å²) >= 11 is 0. The van der Waals surface area contributed by atoms with Crippen LogP contribution in [0.25, 0.3) is 0 Å². The van der Waals surface area contributed by atoms with Crippen LogP contribution in [0.3, 0.4) is 0 Å². The van der Waals surface area contributed by atoms with E-state index in [2.05, 4.69) is 10.1 Å². The zero-order chi connectivity index (χ0) is 14.0. The van der Waals surface area contributed by atoms with Crippen molar-refractivity contribution in [3.8, 4) is 5.75 Å². The van der Waals surface area contributed by atoms with Crippen molar-refractivity contribution in [3.05, 3.63) is 41.0 Å². The van der Waals surface area contributed by atoms with Gasteiger partial charge < -0.3 is 9.84 Å². The minimum atomic E-state index is -0.497. The first-order valence-corrected chi connectivity index (χ1v) is 6.24. The van der Waals surface area contributed by atoms with Gasteiger partial charge in [-0.25, -0.2) is 9.67 Å². The number of benzene rings is 1. The lowest BCUT2D eigenvalue weighted by Gasteiger charge is -2.12. The van der Waals surface area contributed by atoms with Crippen molar-refractivity contribution in [2.45, 2.75) is 33.4 Å². The molecule has 0 aliphatic carbocycles. The minimum absolute atomic E-state index is 0.497. The molecule has 0 bridgehead atoms. The number of aryl methyl sites for hydroxylation is 2. The number of aliphatic hydroxyl groups is 1. The SMILES string of the molecule is COc1ccc(C(C)O)cc1Cn1nc(C)nc1C. The number of hydrogen-bond donors (Lipinski definition) is 1. The number of aromatic nitrogens is 3. The normalized spacial score (nSPS) is 12.5. The highest BCUT2D eigenvalue weighted by Gasteiger charge is 2.10. The highest BCUT2D eigenvalue weighted by molar-refractivity contribution is 5.38. The zero-order valence-corrected chi connectivity index (χ0v) is 11.7. The highest BCUT2D eigenvalue weighted by atomic mass is 16.5. The van der Waals surface area contributed by atoms with E-state index >= 15 is 0 Å². The Balaban J connectivity index is 2.37. The second kappa shape index (κ2) is 5.40. The quantitative estimate of drug-likeness (QED) is 0.914. The molecule has 1 aromatic heterocycles. The molecule has 0 amide bonds. The molecule has 5 heteroatoms. The van der Waals surface area contributed by atoms with Gasteiger partial charge in [0.1, 0.15) is 17.4 Å². The average molecular weight is 261 g/mol. The molecule has 1 aromatic carbocycles. The van der Waals surface area contributed by atoms with E-state index in [1.54, 1.807) is 14.0 Å². The zero-order valence-electron chi connectivity index (χ0n) is 11.7. The molecule has 2 rings (SSSR count). The van der Waals surface area contributed by atoms with Crippen LogP contribution in [0.4, 0.5) is 0 Å². The van der Waals surface area contributed by atoms with Gasteiger partial charge in [-0.05, 0) is 38.5 Å². The van der Waals surface area contributed by atoms with Gasteiger partial charge in [0.15, 0.2) is 0 Å². The lowest BCUT2D eigenvalue weighted by molar-refractivity contribution is 0.199. The number of rotatable bonds is 4. The van der Waals surface area contributed by atoms with E-state index in [1.807, 2.05) is 36.7 Å². The lowest BCUT2D eigenvalue weighted by Crippen LogP contribution is -2.07. The molecule has 1 N–H and O–H groups in total. The van der Waals surface area contributed by atoms with Crippen LogP contribution < -0.4 is 4.74 Å². The molecule has 0 fully saturated rings. The summed E-state index contributed by atoms with van der Waals surface area (Å²) in [6, 6.07) is 5.68. The van der Waals surface area contributed by atoms with Gasteiger partial charge in [-0.3, -0.25) is 0 Å². The molecule has 1 atom stereocenters. The number of nitrogens with zero attached hydrogens (tertiary/aromatic N) is 3. The second-order valence-electron chi connectivity index (χ2n) is 4.61.